The fraction of sp³-hybridized carbons (Fsp3) is 0.235. The average molecular weight is 268 g/mol. The van der Waals surface area contributed by atoms with Crippen LogP contribution in [0.4, 0.5) is 5.69 Å². The molecular formula is C17H20N2O. The van der Waals surface area contributed by atoms with Crippen molar-refractivity contribution >= 4 is 11.6 Å². The summed E-state index contributed by atoms with van der Waals surface area (Å²) in [5.74, 6) is -0.386. The van der Waals surface area contributed by atoms with Crippen LogP contribution in [0, 0.1) is 6.92 Å². The predicted molar refractivity (Wildman–Crippen MR) is 82.8 cm³/mol. The lowest BCUT2D eigenvalue weighted by Gasteiger charge is -2.10. The Morgan fingerprint density at radius 2 is 1.85 bits per heavy atom. The summed E-state index contributed by atoms with van der Waals surface area (Å²) in [6.45, 7) is 4.87. The number of primary amides is 1. The first-order valence-corrected chi connectivity index (χ1v) is 6.82. The number of hydrogen-bond acceptors (Lipinski definition) is 2. The van der Waals surface area contributed by atoms with Gasteiger partial charge in [0.15, 0.2) is 0 Å². The van der Waals surface area contributed by atoms with E-state index >= 15 is 0 Å². The lowest BCUT2D eigenvalue weighted by atomic mass is 10.0. The van der Waals surface area contributed by atoms with Gasteiger partial charge in [0.2, 0.25) is 5.91 Å². The number of benzene rings is 2. The van der Waals surface area contributed by atoms with Gasteiger partial charge < -0.3 is 11.1 Å². The van der Waals surface area contributed by atoms with Crippen molar-refractivity contribution in [2.75, 3.05) is 5.32 Å². The van der Waals surface area contributed by atoms with Gasteiger partial charge in [0, 0.05) is 17.8 Å². The maximum atomic E-state index is 11.1. The van der Waals surface area contributed by atoms with E-state index in [4.69, 9.17) is 5.73 Å². The zero-order valence-corrected chi connectivity index (χ0v) is 11.9. The Morgan fingerprint density at radius 3 is 2.40 bits per heavy atom. The summed E-state index contributed by atoms with van der Waals surface area (Å²) in [5.41, 5.74) is 10.5. The van der Waals surface area contributed by atoms with Gasteiger partial charge in [-0.15, -0.1) is 0 Å². The second-order valence-corrected chi connectivity index (χ2v) is 4.91. The van der Waals surface area contributed by atoms with Crippen molar-refractivity contribution in [1.82, 2.24) is 0 Å². The van der Waals surface area contributed by atoms with Crippen molar-refractivity contribution in [3.63, 3.8) is 0 Å². The van der Waals surface area contributed by atoms with Gasteiger partial charge in [-0.05, 0) is 54.3 Å². The molecule has 3 heteroatoms. The zero-order valence-electron chi connectivity index (χ0n) is 11.9. The molecule has 0 aromatic heterocycles. The fourth-order valence-electron chi connectivity index (χ4n) is 2.10. The molecular weight excluding hydrogens is 248 g/mol. The van der Waals surface area contributed by atoms with E-state index < -0.39 is 0 Å². The standard InChI is InChI=1S/C17H20N2O/c1-3-13-4-8-16(9-5-13)19-11-15-7-6-14(17(18)20)10-12(15)2/h4-10,19H,3,11H2,1-2H3,(H2,18,20). The molecule has 0 saturated heterocycles. The lowest BCUT2D eigenvalue weighted by molar-refractivity contribution is 0.1000. The first-order valence-electron chi connectivity index (χ1n) is 6.82. The predicted octanol–water partition coefficient (Wildman–Crippen LogP) is 3.27. The highest BCUT2D eigenvalue weighted by molar-refractivity contribution is 5.93. The molecule has 2 aromatic carbocycles. The van der Waals surface area contributed by atoms with Crippen molar-refractivity contribution in [2.24, 2.45) is 5.73 Å². The monoisotopic (exact) mass is 268 g/mol. The van der Waals surface area contributed by atoms with Crippen LogP contribution >= 0.6 is 0 Å². The highest BCUT2D eigenvalue weighted by Gasteiger charge is 2.04. The highest BCUT2D eigenvalue weighted by atomic mass is 16.1. The number of carbonyl (C=O) groups excluding carboxylic acids is 1. The molecule has 0 aliphatic rings. The SMILES string of the molecule is CCc1ccc(NCc2ccc(C(N)=O)cc2C)cc1. The van der Waals surface area contributed by atoms with Crippen molar-refractivity contribution in [3.05, 3.63) is 64.7 Å². The van der Waals surface area contributed by atoms with Crippen LogP contribution in [0.5, 0.6) is 0 Å². The Bertz CT molecular complexity index is 603. The van der Waals surface area contributed by atoms with E-state index in [9.17, 15) is 4.79 Å². The maximum absolute atomic E-state index is 11.1. The molecule has 20 heavy (non-hydrogen) atoms. The van der Waals surface area contributed by atoms with E-state index in [0.717, 1.165) is 29.8 Å². The number of rotatable bonds is 5. The van der Waals surface area contributed by atoms with Crippen molar-refractivity contribution in [1.29, 1.82) is 0 Å². The van der Waals surface area contributed by atoms with Gasteiger partial charge in [-0.2, -0.15) is 0 Å². The number of carbonyl (C=O) groups is 1. The lowest BCUT2D eigenvalue weighted by Crippen LogP contribution is -2.11. The van der Waals surface area contributed by atoms with Crippen LogP contribution in [0.1, 0.15) is 34.0 Å². The molecule has 0 bridgehead atoms. The topological polar surface area (TPSA) is 55.1 Å². The molecule has 3 N–H and O–H groups in total. The molecule has 0 aliphatic carbocycles. The Morgan fingerprint density at radius 1 is 1.15 bits per heavy atom. The third-order valence-corrected chi connectivity index (χ3v) is 3.47. The summed E-state index contributed by atoms with van der Waals surface area (Å²) in [5, 5.41) is 3.39. The van der Waals surface area contributed by atoms with Crippen LogP contribution in [0.15, 0.2) is 42.5 Å². The number of amides is 1. The van der Waals surface area contributed by atoms with Crippen LogP contribution in [-0.4, -0.2) is 5.91 Å². The Kier molecular flexibility index (Phi) is 4.41. The number of hydrogen-bond donors (Lipinski definition) is 2. The van der Waals surface area contributed by atoms with E-state index in [0.29, 0.717) is 5.56 Å². The molecule has 2 aromatic rings. The zero-order chi connectivity index (χ0) is 14.5. The highest BCUT2D eigenvalue weighted by Crippen LogP contribution is 2.15. The van der Waals surface area contributed by atoms with E-state index in [2.05, 4.69) is 36.5 Å². The van der Waals surface area contributed by atoms with Crippen LogP contribution in [-0.2, 0) is 13.0 Å². The third kappa shape index (κ3) is 3.38. The minimum Gasteiger partial charge on any atom is -0.381 e. The van der Waals surface area contributed by atoms with Gasteiger partial charge in [-0.3, -0.25) is 4.79 Å². The summed E-state index contributed by atoms with van der Waals surface area (Å²) in [7, 11) is 0. The van der Waals surface area contributed by atoms with E-state index in [-0.39, 0.29) is 5.91 Å². The second-order valence-electron chi connectivity index (χ2n) is 4.91. The van der Waals surface area contributed by atoms with Gasteiger partial charge in [0.05, 0.1) is 0 Å². The van der Waals surface area contributed by atoms with E-state index in [1.54, 1.807) is 6.07 Å². The summed E-state index contributed by atoms with van der Waals surface area (Å²) >= 11 is 0. The minimum absolute atomic E-state index is 0.386. The van der Waals surface area contributed by atoms with Gasteiger partial charge in [0.1, 0.15) is 0 Å². The average Bonchev–Trinajstić information content (AvgIpc) is 2.46. The van der Waals surface area contributed by atoms with Crippen molar-refractivity contribution in [2.45, 2.75) is 26.8 Å². The number of aryl methyl sites for hydroxylation is 2. The summed E-state index contributed by atoms with van der Waals surface area (Å²) in [4.78, 5) is 11.1. The summed E-state index contributed by atoms with van der Waals surface area (Å²) in [6, 6.07) is 14.0. The van der Waals surface area contributed by atoms with Crippen LogP contribution < -0.4 is 11.1 Å². The number of nitrogens with one attached hydrogen (secondary N) is 1. The first kappa shape index (κ1) is 14.1. The summed E-state index contributed by atoms with van der Waals surface area (Å²) in [6.07, 6.45) is 1.05. The molecule has 3 nitrogen and oxygen atoms in total. The molecule has 0 fully saturated rings. The molecule has 0 radical (unpaired) electrons. The Balaban J connectivity index is 2.04. The van der Waals surface area contributed by atoms with Gasteiger partial charge in [-0.25, -0.2) is 0 Å². The first-order chi connectivity index (χ1) is 9.60. The van der Waals surface area contributed by atoms with Gasteiger partial charge in [-0.1, -0.05) is 25.1 Å². The van der Waals surface area contributed by atoms with Crippen molar-refractivity contribution < 1.29 is 4.79 Å². The smallest absolute Gasteiger partial charge is 0.248 e. The largest absolute Gasteiger partial charge is 0.381 e. The van der Waals surface area contributed by atoms with E-state index in [1.165, 1.54) is 5.56 Å². The molecule has 104 valence electrons. The molecule has 0 saturated carbocycles. The van der Waals surface area contributed by atoms with Crippen LogP contribution in [0.2, 0.25) is 0 Å². The number of nitrogens with two attached hydrogens (primary N) is 1. The minimum atomic E-state index is -0.386. The third-order valence-electron chi connectivity index (χ3n) is 3.47. The summed E-state index contributed by atoms with van der Waals surface area (Å²) < 4.78 is 0. The van der Waals surface area contributed by atoms with Crippen LogP contribution in [0.25, 0.3) is 0 Å². The van der Waals surface area contributed by atoms with Crippen LogP contribution in [0.3, 0.4) is 0 Å². The molecule has 0 heterocycles. The second kappa shape index (κ2) is 6.24. The van der Waals surface area contributed by atoms with Gasteiger partial charge >= 0.3 is 0 Å². The van der Waals surface area contributed by atoms with Gasteiger partial charge in [0.25, 0.3) is 0 Å². The molecule has 0 atom stereocenters. The number of anilines is 1. The normalized spacial score (nSPS) is 10.3. The van der Waals surface area contributed by atoms with Crippen molar-refractivity contribution in [3.8, 4) is 0 Å². The quantitative estimate of drug-likeness (QED) is 0.874. The molecule has 0 spiro atoms. The Hall–Kier alpha value is -2.29. The Labute approximate surface area is 119 Å². The molecule has 1 amide bonds. The molecule has 2 rings (SSSR count). The molecule has 0 unspecified atom stereocenters. The molecule has 0 aliphatic heterocycles. The maximum Gasteiger partial charge on any atom is 0.248 e. The van der Waals surface area contributed by atoms with E-state index in [1.807, 2.05) is 19.1 Å². The fourth-order valence-corrected chi connectivity index (χ4v) is 2.10.